The van der Waals surface area contributed by atoms with Crippen LogP contribution in [0.3, 0.4) is 0 Å². The minimum absolute atomic E-state index is 0.0227. The quantitative estimate of drug-likeness (QED) is 0.511. The van der Waals surface area contributed by atoms with Gasteiger partial charge in [-0.25, -0.2) is 13.2 Å². The number of amides is 2. The van der Waals surface area contributed by atoms with E-state index >= 15 is 0 Å². The monoisotopic (exact) mass is 549 g/mol. The second-order valence-corrected chi connectivity index (χ2v) is 13.1. The summed E-state index contributed by atoms with van der Waals surface area (Å²) in [5.41, 5.74) is -0.592. The Balaban J connectivity index is 1.52. The van der Waals surface area contributed by atoms with Crippen LogP contribution in [0.4, 0.5) is 23.7 Å². The summed E-state index contributed by atoms with van der Waals surface area (Å²) in [5.74, 6) is 0.392. The Bertz CT molecular complexity index is 1300. The molecule has 2 saturated carbocycles. The largest absolute Gasteiger partial charge is 0.416 e. The van der Waals surface area contributed by atoms with Crippen molar-refractivity contribution < 1.29 is 26.4 Å². The number of nitrogens with one attached hydrogen (secondary N) is 1. The fourth-order valence-corrected chi connectivity index (χ4v) is 7.31. The van der Waals surface area contributed by atoms with Crippen molar-refractivity contribution in [3.63, 3.8) is 0 Å². The third-order valence-corrected chi connectivity index (χ3v) is 10.1. The molecule has 1 N–H and O–H groups in total. The number of rotatable bonds is 6. The van der Waals surface area contributed by atoms with Gasteiger partial charge in [-0.3, -0.25) is 4.90 Å². The minimum Gasteiger partial charge on any atom is -0.317 e. The summed E-state index contributed by atoms with van der Waals surface area (Å²) in [5, 5.41) is 3.52. The first-order valence-corrected chi connectivity index (χ1v) is 15.0. The number of urea groups is 1. The average molecular weight is 550 g/mol. The van der Waals surface area contributed by atoms with Crippen molar-refractivity contribution in [3.8, 4) is 0 Å². The SMILES string of the molecule is CN[C@]1(c2ccccc2)CC[C@@]2(CC1)CN(c1ccc(C(F)(F)F)cc1S(C)(=O)=O)C(=O)N2CC1CCC1. The Morgan fingerprint density at radius 2 is 1.68 bits per heavy atom. The number of anilines is 1. The lowest BCUT2D eigenvalue weighted by Gasteiger charge is -2.49. The van der Waals surface area contributed by atoms with Gasteiger partial charge in [0.1, 0.15) is 0 Å². The normalized spacial score (nSPS) is 26.7. The first-order valence-electron chi connectivity index (χ1n) is 13.1. The van der Waals surface area contributed by atoms with E-state index in [1.54, 1.807) is 0 Å². The lowest BCUT2D eigenvalue weighted by atomic mass is 9.68. The molecule has 0 atom stereocenters. The van der Waals surface area contributed by atoms with Crippen molar-refractivity contribution in [2.75, 3.05) is 31.3 Å². The van der Waals surface area contributed by atoms with Gasteiger partial charge in [0.25, 0.3) is 0 Å². The van der Waals surface area contributed by atoms with Crippen molar-refractivity contribution in [2.45, 2.75) is 67.1 Å². The molecule has 1 saturated heterocycles. The molecule has 2 aromatic rings. The number of hydrogen-bond donors (Lipinski definition) is 1. The van der Waals surface area contributed by atoms with Crippen LogP contribution >= 0.6 is 0 Å². The molecule has 10 heteroatoms. The summed E-state index contributed by atoms with van der Waals surface area (Å²) in [6.45, 7) is 0.836. The summed E-state index contributed by atoms with van der Waals surface area (Å²) in [7, 11) is -2.09. The fraction of sp³-hybridized carbons (Fsp3) is 0.536. The molecule has 2 aromatic carbocycles. The van der Waals surface area contributed by atoms with Gasteiger partial charge in [-0.05, 0) is 75.3 Å². The highest BCUT2D eigenvalue weighted by Gasteiger charge is 2.55. The number of sulfone groups is 1. The smallest absolute Gasteiger partial charge is 0.317 e. The van der Waals surface area contributed by atoms with Crippen LogP contribution in [-0.4, -0.2) is 51.3 Å². The zero-order valence-corrected chi connectivity index (χ0v) is 22.5. The predicted octanol–water partition coefficient (Wildman–Crippen LogP) is 5.58. The maximum atomic E-state index is 13.9. The van der Waals surface area contributed by atoms with E-state index in [-0.39, 0.29) is 23.8 Å². The first kappa shape index (κ1) is 27.0. The Labute approximate surface area is 222 Å². The van der Waals surface area contributed by atoms with E-state index in [2.05, 4.69) is 17.4 Å². The maximum Gasteiger partial charge on any atom is 0.416 e. The zero-order valence-electron chi connectivity index (χ0n) is 21.7. The van der Waals surface area contributed by atoms with Crippen LogP contribution < -0.4 is 10.2 Å². The van der Waals surface area contributed by atoms with Gasteiger partial charge in [-0.15, -0.1) is 0 Å². The van der Waals surface area contributed by atoms with Crippen molar-refractivity contribution in [1.82, 2.24) is 10.2 Å². The van der Waals surface area contributed by atoms with Gasteiger partial charge in [0, 0.05) is 18.3 Å². The van der Waals surface area contributed by atoms with Crippen LogP contribution in [-0.2, 0) is 21.6 Å². The lowest BCUT2D eigenvalue weighted by molar-refractivity contribution is -0.137. The third-order valence-electron chi connectivity index (χ3n) is 8.97. The summed E-state index contributed by atoms with van der Waals surface area (Å²) < 4.78 is 65.6. The molecule has 0 aromatic heterocycles. The van der Waals surface area contributed by atoms with Crippen LogP contribution in [0.2, 0.25) is 0 Å². The van der Waals surface area contributed by atoms with E-state index in [4.69, 9.17) is 0 Å². The van der Waals surface area contributed by atoms with Gasteiger partial charge in [-0.1, -0.05) is 36.8 Å². The Hall–Kier alpha value is -2.59. The average Bonchev–Trinajstić information content (AvgIpc) is 3.12. The van der Waals surface area contributed by atoms with Crippen molar-refractivity contribution in [1.29, 1.82) is 0 Å². The molecule has 1 heterocycles. The van der Waals surface area contributed by atoms with E-state index in [1.807, 2.05) is 30.1 Å². The fourth-order valence-electron chi connectivity index (χ4n) is 6.41. The molecule has 1 spiro atoms. The molecule has 3 fully saturated rings. The van der Waals surface area contributed by atoms with Crippen molar-refractivity contribution in [2.24, 2.45) is 5.92 Å². The number of benzene rings is 2. The number of nitrogens with zero attached hydrogens (tertiary/aromatic N) is 2. The highest BCUT2D eigenvalue weighted by molar-refractivity contribution is 7.90. The zero-order chi connectivity index (χ0) is 27.3. The van der Waals surface area contributed by atoms with Gasteiger partial charge >= 0.3 is 12.2 Å². The molecule has 0 unspecified atom stereocenters. The van der Waals surface area contributed by atoms with E-state index in [0.717, 1.165) is 50.5 Å². The van der Waals surface area contributed by atoms with E-state index in [1.165, 1.54) is 10.5 Å². The Kier molecular flexibility index (Phi) is 6.79. The number of halogens is 3. The van der Waals surface area contributed by atoms with Crippen LogP contribution in [0.25, 0.3) is 0 Å². The van der Waals surface area contributed by atoms with Crippen molar-refractivity contribution >= 4 is 21.6 Å². The Morgan fingerprint density at radius 1 is 1.03 bits per heavy atom. The second kappa shape index (κ2) is 9.55. The van der Waals surface area contributed by atoms with E-state index < -0.39 is 32.0 Å². The van der Waals surface area contributed by atoms with Crippen LogP contribution in [0.5, 0.6) is 0 Å². The molecule has 206 valence electrons. The summed E-state index contributed by atoms with van der Waals surface area (Å²) in [6, 6.07) is 12.6. The minimum atomic E-state index is -4.69. The van der Waals surface area contributed by atoms with Crippen LogP contribution in [0.1, 0.15) is 56.1 Å². The molecule has 1 aliphatic heterocycles. The molecular weight excluding hydrogens is 515 g/mol. The van der Waals surface area contributed by atoms with Gasteiger partial charge in [0.2, 0.25) is 0 Å². The lowest BCUT2D eigenvalue weighted by Crippen LogP contribution is -2.56. The molecule has 0 bridgehead atoms. The number of hydrogen-bond acceptors (Lipinski definition) is 4. The van der Waals surface area contributed by atoms with E-state index in [0.29, 0.717) is 31.4 Å². The highest BCUT2D eigenvalue weighted by atomic mass is 32.2. The highest BCUT2D eigenvalue weighted by Crippen LogP contribution is 2.49. The molecule has 2 aliphatic carbocycles. The van der Waals surface area contributed by atoms with Gasteiger partial charge in [0.15, 0.2) is 9.84 Å². The molecule has 6 nitrogen and oxygen atoms in total. The van der Waals surface area contributed by atoms with Crippen LogP contribution in [0.15, 0.2) is 53.4 Å². The van der Waals surface area contributed by atoms with Gasteiger partial charge in [-0.2, -0.15) is 13.2 Å². The second-order valence-electron chi connectivity index (χ2n) is 11.2. The third kappa shape index (κ3) is 4.70. The standard InChI is InChI=1S/C28H34F3N3O3S/c1-32-27(21-9-4-3-5-10-21)15-13-26(14-16-27)19-33(25(35)34(26)18-20-7-6-8-20)23-12-11-22(28(29,30)31)17-24(23)38(2,36)37/h3-5,9-12,17,20,32H,6-8,13-16,18-19H2,1-2H3/t26-,27-. The van der Waals surface area contributed by atoms with Gasteiger partial charge in [0.05, 0.1) is 28.2 Å². The van der Waals surface area contributed by atoms with Gasteiger partial charge < -0.3 is 10.2 Å². The molecule has 2 amide bonds. The number of alkyl halides is 3. The van der Waals surface area contributed by atoms with Crippen LogP contribution in [0, 0.1) is 5.92 Å². The molecule has 0 radical (unpaired) electrons. The summed E-state index contributed by atoms with van der Waals surface area (Å²) in [6.07, 6.45) is 2.36. The number of carbonyl (C=O) groups is 1. The molecule has 5 rings (SSSR count). The molecule has 3 aliphatic rings. The maximum absolute atomic E-state index is 13.9. The first-order chi connectivity index (χ1) is 17.9. The van der Waals surface area contributed by atoms with E-state index in [9.17, 15) is 26.4 Å². The topological polar surface area (TPSA) is 69.7 Å². The predicted molar refractivity (Wildman–Crippen MR) is 140 cm³/mol. The summed E-state index contributed by atoms with van der Waals surface area (Å²) in [4.78, 5) is 16.8. The molecular formula is C28H34F3N3O3S. The Morgan fingerprint density at radius 3 is 2.21 bits per heavy atom. The summed E-state index contributed by atoms with van der Waals surface area (Å²) >= 11 is 0. The van der Waals surface area contributed by atoms with Crippen molar-refractivity contribution in [3.05, 3.63) is 59.7 Å². The molecule has 38 heavy (non-hydrogen) atoms. The number of carbonyl (C=O) groups excluding carboxylic acids is 1.